The third-order valence-electron chi connectivity index (χ3n) is 1.77. The molecule has 0 amide bonds. The molecular weight excluding hydrogens is 275 g/mol. The highest BCUT2D eigenvalue weighted by molar-refractivity contribution is 9.10. The molecule has 1 N–H and O–H groups in total. The zero-order valence-corrected chi connectivity index (χ0v) is 9.65. The lowest BCUT2D eigenvalue weighted by Crippen LogP contribution is -2.46. The van der Waals surface area contributed by atoms with E-state index in [-0.39, 0.29) is 5.82 Å². The summed E-state index contributed by atoms with van der Waals surface area (Å²) >= 11 is 3.04. The first-order valence-electron chi connectivity index (χ1n) is 4.05. The topological polar surface area (TPSA) is 37.8 Å². The van der Waals surface area contributed by atoms with E-state index in [1.165, 1.54) is 12.4 Å². The Morgan fingerprint density at radius 1 is 1.20 bits per heavy atom. The molecule has 1 aromatic heterocycles. The Bertz CT molecular complexity index is 334. The molecule has 0 bridgehead atoms. The van der Waals surface area contributed by atoms with Gasteiger partial charge in [0.25, 0.3) is 0 Å². The largest absolute Gasteiger partial charge is 0.410 e. The molecule has 84 valence electrons. The van der Waals surface area contributed by atoms with Crippen LogP contribution in [0.15, 0.2) is 17.0 Å². The summed E-state index contributed by atoms with van der Waals surface area (Å²) in [6.45, 7) is 2.08. The molecule has 0 radical (unpaired) electrons. The minimum absolute atomic E-state index is 0.0838. The molecule has 0 spiro atoms. The average Bonchev–Trinajstić information content (AvgIpc) is 2.06. The highest BCUT2D eigenvalue weighted by Gasteiger charge is 2.47. The first-order valence-corrected chi connectivity index (χ1v) is 4.84. The lowest BCUT2D eigenvalue weighted by Gasteiger charge is -2.29. The summed E-state index contributed by atoms with van der Waals surface area (Å²) < 4.78 is 37.9. The molecule has 0 atom stereocenters. The Kier molecular flexibility index (Phi) is 3.22. The first-order chi connectivity index (χ1) is 6.72. The van der Waals surface area contributed by atoms with E-state index in [1.54, 1.807) is 0 Å². The van der Waals surface area contributed by atoms with Crippen LogP contribution in [0.2, 0.25) is 0 Å². The molecule has 1 aromatic rings. The van der Waals surface area contributed by atoms with E-state index in [0.717, 1.165) is 13.8 Å². The van der Waals surface area contributed by atoms with E-state index in [4.69, 9.17) is 0 Å². The molecule has 0 saturated carbocycles. The van der Waals surface area contributed by atoms with Crippen molar-refractivity contribution in [3.05, 3.63) is 17.0 Å². The molecule has 0 unspecified atom stereocenters. The molecule has 0 aromatic carbocycles. The van der Waals surface area contributed by atoms with Crippen LogP contribution < -0.4 is 5.32 Å². The Hall–Kier alpha value is -0.850. The summed E-state index contributed by atoms with van der Waals surface area (Å²) in [6, 6.07) is 0. The summed E-state index contributed by atoms with van der Waals surface area (Å²) in [5, 5.41) is 2.27. The molecule has 15 heavy (non-hydrogen) atoms. The molecule has 7 heteroatoms. The van der Waals surface area contributed by atoms with Crippen molar-refractivity contribution < 1.29 is 13.2 Å². The van der Waals surface area contributed by atoms with Crippen molar-refractivity contribution in [1.29, 1.82) is 0 Å². The number of alkyl halides is 3. The Balaban J connectivity index is 2.82. The van der Waals surface area contributed by atoms with Crippen LogP contribution in [0.25, 0.3) is 0 Å². The van der Waals surface area contributed by atoms with Gasteiger partial charge in [-0.1, -0.05) is 0 Å². The Labute approximate surface area is 93.2 Å². The maximum atomic E-state index is 12.5. The van der Waals surface area contributed by atoms with Gasteiger partial charge in [-0.25, -0.2) is 9.97 Å². The van der Waals surface area contributed by atoms with E-state index < -0.39 is 11.7 Å². The maximum Gasteiger partial charge on any atom is 0.410 e. The van der Waals surface area contributed by atoms with E-state index >= 15 is 0 Å². The Morgan fingerprint density at radius 2 is 1.80 bits per heavy atom. The highest BCUT2D eigenvalue weighted by Crippen LogP contribution is 2.32. The highest BCUT2D eigenvalue weighted by atomic mass is 79.9. The summed E-state index contributed by atoms with van der Waals surface area (Å²) in [5.74, 6) is 0.0838. The number of nitrogens with one attached hydrogen (secondary N) is 1. The van der Waals surface area contributed by atoms with Crippen molar-refractivity contribution in [2.75, 3.05) is 5.32 Å². The normalized spacial score (nSPS) is 12.7. The van der Waals surface area contributed by atoms with Gasteiger partial charge in [-0.2, -0.15) is 13.2 Å². The minimum atomic E-state index is -4.35. The van der Waals surface area contributed by atoms with Crippen LogP contribution in [0.3, 0.4) is 0 Å². The van der Waals surface area contributed by atoms with Crippen molar-refractivity contribution in [3.63, 3.8) is 0 Å². The summed E-state index contributed by atoms with van der Waals surface area (Å²) in [4.78, 5) is 7.53. The molecule has 0 aliphatic rings. The fourth-order valence-corrected chi connectivity index (χ4v) is 0.973. The number of halogens is 4. The minimum Gasteiger partial charge on any atom is -0.355 e. The zero-order chi connectivity index (χ0) is 11.7. The molecule has 3 nitrogen and oxygen atoms in total. The number of aromatic nitrogens is 2. The molecule has 0 fully saturated rings. The SMILES string of the molecule is CC(C)(Nc1cnc(Br)cn1)C(F)(F)F. The van der Waals surface area contributed by atoms with Crippen molar-refractivity contribution in [2.45, 2.75) is 25.6 Å². The number of hydrogen-bond donors (Lipinski definition) is 1. The average molecular weight is 284 g/mol. The van der Waals surface area contributed by atoms with Gasteiger partial charge in [0.15, 0.2) is 0 Å². The van der Waals surface area contributed by atoms with Gasteiger partial charge in [0, 0.05) is 0 Å². The first kappa shape index (κ1) is 12.2. The summed E-state index contributed by atoms with van der Waals surface area (Å²) in [6.07, 6.45) is -1.78. The van der Waals surface area contributed by atoms with E-state index in [9.17, 15) is 13.2 Å². The van der Waals surface area contributed by atoms with Crippen LogP contribution in [0.5, 0.6) is 0 Å². The fraction of sp³-hybridized carbons (Fsp3) is 0.500. The molecule has 0 saturated heterocycles. The van der Waals surface area contributed by atoms with Crippen LogP contribution in [-0.2, 0) is 0 Å². The van der Waals surface area contributed by atoms with Gasteiger partial charge in [-0.05, 0) is 29.8 Å². The third kappa shape index (κ3) is 3.05. The lowest BCUT2D eigenvalue weighted by atomic mass is 10.1. The van der Waals surface area contributed by atoms with Gasteiger partial charge < -0.3 is 5.32 Å². The summed E-state index contributed by atoms with van der Waals surface area (Å²) in [7, 11) is 0. The van der Waals surface area contributed by atoms with Crippen LogP contribution in [0.1, 0.15) is 13.8 Å². The number of nitrogens with zero attached hydrogens (tertiary/aromatic N) is 2. The van der Waals surface area contributed by atoms with Crippen molar-refractivity contribution in [2.24, 2.45) is 0 Å². The van der Waals surface area contributed by atoms with Crippen LogP contribution in [0.4, 0.5) is 19.0 Å². The van der Waals surface area contributed by atoms with Crippen molar-refractivity contribution in [1.82, 2.24) is 9.97 Å². The van der Waals surface area contributed by atoms with Crippen molar-refractivity contribution >= 4 is 21.7 Å². The second-order valence-electron chi connectivity index (χ2n) is 3.47. The van der Waals surface area contributed by atoms with Gasteiger partial charge >= 0.3 is 6.18 Å². The second-order valence-corrected chi connectivity index (χ2v) is 4.28. The van der Waals surface area contributed by atoms with E-state index in [0.29, 0.717) is 4.60 Å². The third-order valence-corrected chi connectivity index (χ3v) is 2.18. The second kappa shape index (κ2) is 3.96. The van der Waals surface area contributed by atoms with Gasteiger partial charge in [0.05, 0.1) is 12.4 Å². The molecule has 1 heterocycles. The lowest BCUT2D eigenvalue weighted by molar-refractivity contribution is -0.168. The van der Waals surface area contributed by atoms with E-state index in [2.05, 4.69) is 31.2 Å². The van der Waals surface area contributed by atoms with Gasteiger partial charge in [-0.15, -0.1) is 0 Å². The predicted octanol–water partition coefficient (Wildman–Crippen LogP) is 2.99. The van der Waals surface area contributed by atoms with Crippen LogP contribution >= 0.6 is 15.9 Å². The Morgan fingerprint density at radius 3 is 2.20 bits per heavy atom. The van der Waals surface area contributed by atoms with Gasteiger partial charge in [0.2, 0.25) is 0 Å². The molecular formula is C8H9BrF3N3. The fourth-order valence-electron chi connectivity index (χ4n) is 0.768. The maximum absolute atomic E-state index is 12.5. The molecule has 1 rings (SSSR count). The van der Waals surface area contributed by atoms with E-state index in [1.807, 2.05) is 0 Å². The number of hydrogen-bond acceptors (Lipinski definition) is 3. The molecule has 0 aliphatic heterocycles. The standard InChI is InChI=1S/C8H9BrF3N3/c1-7(2,8(10,11)12)15-6-4-13-5(9)3-14-6/h3-4H,1-2H3,(H,14,15). The monoisotopic (exact) mass is 283 g/mol. The summed E-state index contributed by atoms with van der Waals surface area (Å²) in [5.41, 5.74) is -2.03. The number of anilines is 1. The van der Waals surface area contributed by atoms with Crippen LogP contribution in [-0.4, -0.2) is 21.7 Å². The van der Waals surface area contributed by atoms with Crippen molar-refractivity contribution in [3.8, 4) is 0 Å². The smallest absolute Gasteiger partial charge is 0.355 e. The van der Waals surface area contributed by atoms with Gasteiger partial charge in [0.1, 0.15) is 16.0 Å². The van der Waals surface area contributed by atoms with Gasteiger partial charge in [-0.3, -0.25) is 0 Å². The number of rotatable bonds is 2. The van der Waals surface area contributed by atoms with Crippen LogP contribution in [0, 0.1) is 0 Å². The quantitative estimate of drug-likeness (QED) is 0.907. The zero-order valence-electron chi connectivity index (χ0n) is 8.06. The predicted molar refractivity (Wildman–Crippen MR) is 53.5 cm³/mol. The molecule has 0 aliphatic carbocycles.